The maximum atomic E-state index is 12.5. The number of nitrogens with one attached hydrogen (secondary N) is 2. The van der Waals surface area contributed by atoms with Crippen LogP contribution in [0, 0.1) is 10.1 Å². The van der Waals surface area contributed by atoms with E-state index in [1.165, 1.54) is 18.2 Å². The first-order valence-corrected chi connectivity index (χ1v) is 8.95. The van der Waals surface area contributed by atoms with Gasteiger partial charge in [0.15, 0.2) is 0 Å². The van der Waals surface area contributed by atoms with Crippen molar-refractivity contribution < 1.29 is 14.5 Å². The first-order valence-electron chi connectivity index (χ1n) is 8.95. The van der Waals surface area contributed by atoms with Crippen LogP contribution in [0.1, 0.15) is 19.4 Å². The Morgan fingerprint density at radius 1 is 1.07 bits per heavy atom. The lowest BCUT2D eigenvalue weighted by atomic mass is 10.1. The summed E-state index contributed by atoms with van der Waals surface area (Å²) in [7, 11) is 1.65. The molecule has 0 radical (unpaired) electrons. The van der Waals surface area contributed by atoms with Crippen LogP contribution in [-0.2, 0) is 16.0 Å². The summed E-state index contributed by atoms with van der Waals surface area (Å²) >= 11 is 0. The van der Waals surface area contributed by atoms with Gasteiger partial charge in [-0.1, -0.05) is 37.3 Å². The number of carbonyl (C=O) groups excluding carboxylic acids is 2. The van der Waals surface area contributed by atoms with Crippen LogP contribution in [0.5, 0.6) is 0 Å². The number of hydrogen-bond acceptors (Lipinski definition) is 5. The molecule has 148 valence electrons. The number of benzene rings is 2. The molecular formula is C20H24N4O4. The highest BCUT2D eigenvalue weighted by Gasteiger charge is 2.23. The Labute approximate surface area is 163 Å². The molecule has 2 N–H and O–H groups in total. The first-order chi connectivity index (χ1) is 13.3. The molecule has 0 bridgehead atoms. The number of carbonyl (C=O) groups is 2. The number of nitro groups is 1. The average Bonchev–Trinajstić information content (AvgIpc) is 2.67. The van der Waals surface area contributed by atoms with E-state index in [-0.39, 0.29) is 23.8 Å². The third-order valence-electron chi connectivity index (χ3n) is 4.46. The van der Waals surface area contributed by atoms with Gasteiger partial charge < -0.3 is 10.6 Å². The molecule has 2 rings (SSSR count). The van der Waals surface area contributed by atoms with E-state index < -0.39 is 16.9 Å². The molecule has 0 aliphatic heterocycles. The first kappa shape index (κ1) is 21.0. The molecule has 0 saturated heterocycles. The van der Waals surface area contributed by atoms with E-state index in [4.69, 9.17) is 0 Å². The Balaban J connectivity index is 1.98. The number of hydrogen-bond donors (Lipinski definition) is 2. The third kappa shape index (κ3) is 5.37. The molecule has 1 unspecified atom stereocenters. The van der Waals surface area contributed by atoms with Crippen LogP contribution < -0.4 is 10.6 Å². The number of rotatable bonds is 8. The minimum Gasteiger partial charge on any atom is -0.325 e. The van der Waals surface area contributed by atoms with Gasteiger partial charge in [-0.25, -0.2) is 0 Å². The van der Waals surface area contributed by atoms with E-state index in [1.54, 1.807) is 24.9 Å². The highest BCUT2D eigenvalue weighted by atomic mass is 16.6. The van der Waals surface area contributed by atoms with Crippen LogP contribution in [0.3, 0.4) is 0 Å². The summed E-state index contributed by atoms with van der Waals surface area (Å²) < 4.78 is 0. The van der Waals surface area contributed by atoms with E-state index in [0.29, 0.717) is 0 Å². The predicted molar refractivity (Wildman–Crippen MR) is 108 cm³/mol. The normalized spacial score (nSPS) is 11.7. The second kappa shape index (κ2) is 9.61. The maximum absolute atomic E-state index is 12.5. The van der Waals surface area contributed by atoms with Crippen molar-refractivity contribution in [1.82, 2.24) is 4.90 Å². The van der Waals surface area contributed by atoms with Crippen molar-refractivity contribution in [3.05, 3.63) is 64.2 Å². The molecule has 28 heavy (non-hydrogen) atoms. The second-order valence-corrected chi connectivity index (χ2v) is 6.41. The molecular weight excluding hydrogens is 360 g/mol. The zero-order valence-corrected chi connectivity index (χ0v) is 16.1. The molecule has 8 heteroatoms. The number of likely N-dealkylation sites (N-methyl/N-ethyl adjacent to an activating group) is 1. The SMILES string of the molecule is CCc1ccccc1NC(=O)CN(C)C(C)C(=O)Nc1ccccc1[N+](=O)[O-]. The van der Waals surface area contributed by atoms with E-state index in [9.17, 15) is 19.7 Å². The number of aryl methyl sites for hydroxylation is 1. The van der Waals surface area contributed by atoms with Gasteiger partial charge in [-0.15, -0.1) is 0 Å². The number of para-hydroxylation sites is 3. The molecule has 8 nitrogen and oxygen atoms in total. The molecule has 0 aliphatic rings. The zero-order chi connectivity index (χ0) is 20.7. The highest BCUT2D eigenvalue weighted by Crippen LogP contribution is 2.23. The van der Waals surface area contributed by atoms with Crippen molar-refractivity contribution in [1.29, 1.82) is 0 Å². The van der Waals surface area contributed by atoms with Crippen molar-refractivity contribution in [2.24, 2.45) is 0 Å². The van der Waals surface area contributed by atoms with Crippen molar-refractivity contribution in [2.45, 2.75) is 26.3 Å². The van der Waals surface area contributed by atoms with Gasteiger partial charge in [0.2, 0.25) is 11.8 Å². The standard InChI is InChI=1S/C20H24N4O4/c1-4-15-9-5-6-10-16(15)21-19(25)13-23(3)14(2)20(26)22-17-11-7-8-12-18(17)24(27)28/h5-12,14H,4,13H2,1-3H3,(H,21,25)(H,22,26). The molecule has 0 saturated carbocycles. The molecule has 0 aliphatic carbocycles. The predicted octanol–water partition coefficient (Wildman–Crippen LogP) is 3.05. The summed E-state index contributed by atoms with van der Waals surface area (Å²) in [5.41, 5.74) is 1.72. The molecule has 0 spiro atoms. The lowest BCUT2D eigenvalue weighted by Crippen LogP contribution is -2.43. The Kier molecular flexibility index (Phi) is 7.22. The van der Waals surface area contributed by atoms with E-state index in [0.717, 1.165) is 17.7 Å². The summed E-state index contributed by atoms with van der Waals surface area (Å²) in [6, 6.07) is 12.8. The Morgan fingerprint density at radius 2 is 1.68 bits per heavy atom. The van der Waals surface area contributed by atoms with Crippen molar-refractivity contribution in [2.75, 3.05) is 24.2 Å². The summed E-state index contributed by atoms with van der Waals surface area (Å²) in [6.07, 6.45) is 0.793. The topological polar surface area (TPSA) is 105 Å². The fourth-order valence-corrected chi connectivity index (χ4v) is 2.68. The molecule has 2 amide bonds. The largest absolute Gasteiger partial charge is 0.325 e. The van der Waals surface area contributed by atoms with Crippen LogP contribution >= 0.6 is 0 Å². The van der Waals surface area contributed by atoms with Gasteiger partial charge in [-0.2, -0.15) is 0 Å². The zero-order valence-electron chi connectivity index (χ0n) is 16.1. The Bertz CT molecular complexity index is 869. The Morgan fingerprint density at radius 3 is 2.32 bits per heavy atom. The number of nitrogens with zero attached hydrogens (tertiary/aromatic N) is 2. The maximum Gasteiger partial charge on any atom is 0.292 e. The smallest absolute Gasteiger partial charge is 0.292 e. The quantitative estimate of drug-likeness (QED) is 0.538. The molecule has 2 aromatic rings. The second-order valence-electron chi connectivity index (χ2n) is 6.41. The number of nitro benzene ring substituents is 1. The average molecular weight is 384 g/mol. The summed E-state index contributed by atoms with van der Waals surface area (Å²) in [4.78, 5) is 36.9. The monoisotopic (exact) mass is 384 g/mol. The van der Waals surface area contributed by atoms with Crippen LogP contribution in [0.15, 0.2) is 48.5 Å². The van der Waals surface area contributed by atoms with Gasteiger partial charge in [0.25, 0.3) is 5.69 Å². The fourth-order valence-electron chi connectivity index (χ4n) is 2.68. The van der Waals surface area contributed by atoms with Crippen LogP contribution in [0.25, 0.3) is 0 Å². The van der Waals surface area contributed by atoms with Crippen molar-refractivity contribution >= 4 is 28.9 Å². The van der Waals surface area contributed by atoms with Crippen molar-refractivity contribution in [3.63, 3.8) is 0 Å². The molecule has 0 fully saturated rings. The Hall–Kier alpha value is -3.26. The minimum atomic E-state index is -0.660. The van der Waals surface area contributed by atoms with Gasteiger partial charge in [0.1, 0.15) is 5.69 Å². The third-order valence-corrected chi connectivity index (χ3v) is 4.46. The van der Waals surface area contributed by atoms with E-state index >= 15 is 0 Å². The number of amides is 2. The lowest BCUT2D eigenvalue weighted by molar-refractivity contribution is -0.383. The van der Waals surface area contributed by atoms with Gasteiger partial charge in [-0.3, -0.25) is 24.6 Å². The minimum absolute atomic E-state index is 0.00349. The van der Waals surface area contributed by atoms with E-state index in [1.807, 2.05) is 31.2 Å². The van der Waals surface area contributed by atoms with Crippen LogP contribution in [-0.4, -0.2) is 41.3 Å². The summed E-state index contributed by atoms with van der Waals surface area (Å²) in [5, 5.41) is 16.5. The molecule has 2 aromatic carbocycles. The highest BCUT2D eigenvalue weighted by molar-refractivity contribution is 5.97. The molecule has 0 aromatic heterocycles. The van der Waals surface area contributed by atoms with Crippen LogP contribution in [0.4, 0.5) is 17.1 Å². The lowest BCUT2D eigenvalue weighted by Gasteiger charge is -2.23. The fraction of sp³-hybridized carbons (Fsp3) is 0.300. The summed E-state index contributed by atoms with van der Waals surface area (Å²) in [6.45, 7) is 3.65. The van der Waals surface area contributed by atoms with Crippen molar-refractivity contribution in [3.8, 4) is 0 Å². The van der Waals surface area contributed by atoms with Gasteiger partial charge in [-0.05, 0) is 38.1 Å². The molecule has 0 heterocycles. The number of anilines is 2. The van der Waals surface area contributed by atoms with Gasteiger partial charge in [0, 0.05) is 11.8 Å². The molecule has 1 atom stereocenters. The van der Waals surface area contributed by atoms with Gasteiger partial charge >= 0.3 is 0 Å². The summed E-state index contributed by atoms with van der Waals surface area (Å²) in [5.74, 6) is -0.674. The van der Waals surface area contributed by atoms with E-state index in [2.05, 4.69) is 10.6 Å². The van der Waals surface area contributed by atoms with Gasteiger partial charge in [0.05, 0.1) is 17.5 Å². The van der Waals surface area contributed by atoms with Crippen LogP contribution in [0.2, 0.25) is 0 Å².